The minimum atomic E-state index is -3.50. The van der Waals surface area contributed by atoms with Gasteiger partial charge in [0.25, 0.3) is 0 Å². The first-order valence-electron chi connectivity index (χ1n) is 8.22. The van der Waals surface area contributed by atoms with Gasteiger partial charge in [-0.05, 0) is 49.2 Å². The Labute approximate surface area is 153 Å². The molecule has 0 spiro atoms. The largest absolute Gasteiger partial charge is 0.506 e. The molecular formula is C18H21ClN2O3S. The van der Waals surface area contributed by atoms with Gasteiger partial charge in [-0.2, -0.15) is 4.31 Å². The third kappa shape index (κ3) is 3.76. The normalized spacial score (nSPS) is 15.9. The van der Waals surface area contributed by atoms with E-state index in [1.165, 1.54) is 6.07 Å². The lowest BCUT2D eigenvalue weighted by Crippen LogP contribution is -2.35. The van der Waals surface area contributed by atoms with Gasteiger partial charge in [0.1, 0.15) is 5.75 Å². The molecular weight excluding hydrogens is 360 g/mol. The van der Waals surface area contributed by atoms with Crippen LogP contribution in [0.1, 0.15) is 19.3 Å². The standard InChI is InChI=1S/C18H21ClN2O3S/c1-20(17-12-14(19)8-9-18(17)22)15-6-5-7-16(13-15)25(23,24)21-10-3-2-4-11-21/h5-9,12-13,22H,2-4,10-11H2,1H3. The van der Waals surface area contributed by atoms with Gasteiger partial charge in [-0.3, -0.25) is 0 Å². The predicted molar refractivity (Wildman–Crippen MR) is 100 cm³/mol. The molecule has 1 saturated heterocycles. The molecule has 1 aliphatic rings. The number of phenolic OH excluding ortho intramolecular Hbond substituents is 1. The first-order chi connectivity index (χ1) is 11.9. The first kappa shape index (κ1) is 18.0. The lowest BCUT2D eigenvalue weighted by Gasteiger charge is -2.27. The maximum absolute atomic E-state index is 12.9. The molecule has 134 valence electrons. The van der Waals surface area contributed by atoms with Crippen molar-refractivity contribution in [2.45, 2.75) is 24.2 Å². The molecule has 0 aliphatic carbocycles. The lowest BCUT2D eigenvalue weighted by atomic mass is 10.2. The Balaban J connectivity index is 1.94. The lowest BCUT2D eigenvalue weighted by molar-refractivity contribution is 0.346. The number of sulfonamides is 1. The average molecular weight is 381 g/mol. The molecule has 1 fully saturated rings. The van der Waals surface area contributed by atoms with Crippen LogP contribution in [0.15, 0.2) is 47.4 Å². The van der Waals surface area contributed by atoms with Crippen molar-refractivity contribution in [1.82, 2.24) is 4.31 Å². The van der Waals surface area contributed by atoms with Gasteiger partial charge in [0.05, 0.1) is 10.6 Å². The van der Waals surface area contributed by atoms with Gasteiger partial charge in [0.2, 0.25) is 10.0 Å². The summed E-state index contributed by atoms with van der Waals surface area (Å²) >= 11 is 6.01. The molecule has 2 aromatic carbocycles. The minimum Gasteiger partial charge on any atom is -0.506 e. The van der Waals surface area contributed by atoms with Crippen molar-refractivity contribution in [1.29, 1.82) is 0 Å². The second kappa shape index (κ2) is 7.23. The zero-order chi connectivity index (χ0) is 18.0. The third-order valence-corrected chi connectivity index (χ3v) is 6.59. The zero-order valence-electron chi connectivity index (χ0n) is 14.0. The number of aromatic hydroxyl groups is 1. The molecule has 0 bridgehead atoms. The van der Waals surface area contributed by atoms with Crippen LogP contribution in [0.3, 0.4) is 0 Å². The molecule has 1 heterocycles. The fourth-order valence-corrected chi connectivity index (χ4v) is 4.73. The highest BCUT2D eigenvalue weighted by Gasteiger charge is 2.26. The van der Waals surface area contributed by atoms with E-state index in [1.54, 1.807) is 52.7 Å². The smallest absolute Gasteiger partial charge is 0.243 e. The second-order valence-electron chi connectivity index (χ2n) is 6.15. The molecule has 1 N–H and O–H groups in total. The number of rotatable bonds is 4. The number of piperidine rings is 1. The van der Waals surface area contributed by atoms with Crippen molar-refractivity contribution in [3.63, 3.8) is 0 Å². The molecule has 5 nitrogen and oxygen atoms in total. The number of benzene rings is 2. The Morgan fingerprint density at radius 3 is 2.52 bits per heavy atom. The molecule has 0 radical (unpaired) electrons. The summed E-state index contributed by atoms with van der Waals surface area (Å²) in [7, 11) is -1.74. The van der Waals surface area contributed by atoms with E-state index in [4.69, 9.17) is 11.6 Å². The van der Waals surface area contributed by atoms with Crippen LogP contribution in [0.2, 0.25) is 5.02 Å². The summed E-state index contributed by atoms with van der Waals surface area (Å²) in [5.74, 6) is 0.0798. The van der Waals surface area contributed by atoms with Gasteiger partial charge in [-0.1, -0.05) is 24.1 Å². The zero-order valence-corrected chi connectivity index (χ0v) is 15.6. The predicted octanol–water partition coefficient (Wildman–Crippen LogP) is 3.99. The summed E-state index contributed by atoms with van der Waals surface area (Å²) in [6.07, 6.45) is 2.87. The van der Waals surface area contributed by atoms with Gasteiger partial charge in [0.15, 0.2) is 0 Å². The van der Waals surface area contributed by atoms with E-state index in [2.05, 4.69) is 0 Å². The Kier molecular flexibility index (Phi) is 5.22. The monoisotopic (exact) mass is 380 g/mol. The number of anilines is 2. The first-order valence-corrected chi connectivity index (χ1v) is 10.0. The Morgan fingerprint density at radius 1 is 1.08 bits per heavy atom. The number of nitrogens with zero attached hydrogens (tertiary/aromatic N) is 2. The SMILES string of the molecule is CN(c1cccc(S(=O)(=O)N2CCCCC2)c1)c1cc(Cl)ccc1O. The Hall–Kier alpha value is -1.76. The number of hydrogen-bond acceptors (Lipinski definition) is 4. The molecule has 7 heteroatoms. The van der Waals surface area contributed by atoms with Crippen LogP contribution < -0.4 is 4.90 Å². The van der Waals surface area contributed by atoms with Crippen LogP contribution in [-0.4, -0.2) is 38.0 Å². The summed E-state index contributed by atoms with van der Waals surface area (Å²) in [4.78, 5) is 1.98. The Bertz CT molecular complexity index is 864. The summed E-state index contributed by atoms with van der Waals surface area (Å²) < 4.78 is 27.3. The van der Waals surface area contributed by atoms with E-state index >= 15 is 0 Å². The number of hydrogen-bond donors (Lipinski definition) is 1. The molecule has 0 aromatic heterocycles. The molecule has 3 rings (SSSR count). The fraction of sp³-hybridized carbons (Fsp3) is 0.333. The molecule has 1 aliphatic heterocycles. The maximum atomic E-state index is 12.9. The van der Waals surface area contributed by atoms with Gasteiger partial charge in [-0.15, -0.1) is 0 Å². The highest BCUT2D eigenvalue weighted by molar-refractivity contribution is 7.89. The van der Waals surface area contributed by atoms with Crippen molar-refractivity contribution in [3.8, 4) is 5.75 Å². The molecule has 0 atom stereocenters. The van der Waals surface area contributed by atoms with Crippen molar-refractivity contribution >= 4 is 33.0 Å². The van der Waals surface area contributed by atoms with E-state index < -0.39 is 10.0 Å². The summed E-state index contributed by atoms with van der Waals surface area (Å²) in [6, 6.07) is 11.5. The molecule has 0 amide bonds. The Morgan fingerprint density at radius 2 is 1.80 bits per heavy atom. The molecule has 0 unspecified atom stereocenters. The summed E-state index contributed by atoms with van der Waals surface area (Å²) in [6.45, 7) is 1.13. The van der Waals surface area contributed by atoms with Crippen LogP contribution in [0, 0.1) is 0 Å². The molecule has 2 aromatic rings. The van der Waals surface area contributed by atoms with E-state index in [9.17, 15) is 13.5 Å². The minimum absolute atomic E-state index is 0.0798. The van der Waals surface area contributed by atoms with Crippen molar-refractivity contribution in [3.05, 3.63) is 47.5 Å². The quantitative estimate of drug-likeness (QED) is 0.871. The van der Waals surface area contributed by atoms with E-state index in [1.807, 2.05) is 0 Å². The average Bonchev–Trinajstić information content (AvgIpc) is 2.64. The van der Waals surface area contributed by atoms with Gasteiger partial charge < -0.3 is 10.0 Å². The van der Waals surface area contributed by atoms with E-state index in [0.29, 0.717) is 29.5 Å². The van der Waals surface area contributed by atoms with Crippen molar-refractivity contribution < 1.29 is 13.5 Å². The van der Waals surface area contributed by atoms with Crippen molar-refractivity contribution in [2.75, 3.05) is 25.0 Å². The third-order valence-electron chi connectivity index (χ3n) is 4.46. The van der Waals surface area contributed by atoms with Gasteiger partial charge >= 0.3 is 0 Å². The number of halogens is 1. The van der Waals surface area contributed by atoms with Crippen LogP contribution in [0.25, 0.3) is 0 Å². The van der Waals surface area contributed by atoms with Crippen LogP contribution in [0.5, 0.6) is 5.75 Å². The van der Waals surface area contributed by atoms with Gasteiger partial charge in [0, 0.05) is 30.8 Å². The highest BCUT2D eigenvalue weighted by Crippen LogP contribution is 2.35. The second-order valence-corrected chi connectivity index (χ2v) is 8.53. The van der Waals surface area contributed by atoms with E-state index in [0.717, 1.165) is 19.3 Å². The number of phenols is 1. The fourth-order valence-electron chi connectivity index (χ4n) is 3.01. The van der Waals surface area contributed by atoms with Gasteiger partial charge in [-0.25, -0.2) is 8.42 Å². The molecule has 0 saturated carbocycles. The summed E-state index contributed by atoms with van der Waals surface area (Å²) in [5, 5.41) is 10.6. The van der Waals surface area contributed by atoms with Crippen LogP contribution >= 0.6 is 11.6 Å². The maximum Gasteiger partial charge on any atom is 0.243 e. The summed E-state index contributed by atoms with van der Waals surface area (Å²) in [5.41, 5.74) is 1.18. The van der Waals surface area contributed by atoms with E-state index in [-0.39, 0.29) is 10.6 Å². The molecule has 25 heavy (non-hydrogen) atoms. The van der Waals surface area contributed by atoms with Crippen molar-refractivity contribution in [2.24, 2.45) is 0 Å². The van der Waals surface area contributed by atoms with Crippen LogP contribution in [-0.2, 0) is 10.0 Å². The topological polar surface area (TPSA) is 60.9 Å². The van der Waals surface area contributed by atoms with Crippen LogP contribution in [0.4, 0.5) is 11.4 Å². The highest BCUT2D eigenvalue weighted by atomic mass is 35.5.